The minimum atomic E-state index is -0.967. The van der Waals surface area contributed by atoms with Crippen LogP contribution in [0.5, 0.6) is 0 Å². The predicted octanol–water partition coefficient (Wildman–Crippen LogP) is 3.24. The van der Waals surface area contributed by atoms with Crippen molar-refractivity contribution < 1.29 is 27.6 Å². The third-order valence-electron chi connectivity index (χ3n) is 5.91. The third-order valence-corrected chi connectivity index (χ3v) is 5.91. The molecular weight excluding hydrogens is 485 g/mol. The number of amides is 2. The monoisotopic (exact) mass is 512 g/mol. The highest BCUT2D eigenvalue weighted by atomic mass is 19.1. The number of benzene rings is 2. The summed E-state index contributed by atoms with van der Waals surface area (Å²) in [5.74, 6) is -3.80. The van der Waals surface area contributed by atoms with Crippen LogP contribution in [0.2, 0.25) is 0 Å². The van der Waals surface area contributed by atoms with E-state index < -0.39 is 41.3 Å². The summed E-state index contributed by atoms with van der Waals surface area (Å²) in [6.07, 6.45) is 3.76. The average Bonchev–Trinajstić information content (AvgIpc) is 2.84. The van der Waals surface area contributed by atoms with Gasteiger partial charge in [0.15, 0.2) is 0 Å². The maximum Gasteiger partial charge on any atom is 0.251 e. The number of aliphatic imine (C=N–C) groups is 1. The van der Waals surface area contributed by atoms with E-state index in [1.165, 1.54) is 12.1 Å². The van der Waals surface area contributed by atoms with Crippen molar-refractivity contribution in [3.05, 3.63) is 88.4 Å². The summed E-state index contributed by atoms with van der Waals surface area (Å²) >= 11 is 0. The zero-order valence-corrected chi connectivity index (χ0v) is 20.2. The molecule has 0 radical (unpaired) electrons. The van der Waals surface area contributed by atoms with E-state index in [0.717, 1.165) is 24.3 Å². The van der Waals surface area contributed by atoms with Crippen LogP contribution in [0.25, 0.3) is 5.57 Å². The number of carbonyl (C=O) groups is 3. The molecule has 194 valence electrons. The van der Waals surface area contributed by atoms with E-state index in [4.69, 9.17) is 5.73 Å². The van der Waals surface area contributed by atoms with Gasteiger partial charge in [-0.2, -0.15) is 0 Å². The number of nitrogens with two attached hydrogens (primary N) is 1. The summed E-state index contributed by atoms with van der Waals surface area (Å²) in [6, 6.07) is 5.17. The van der Waals surface area contributed by atoms with E-state index in [2.05, 4.69) is 22.3 Å². The number of rotatable bonds is 9. The lowest BCUT2D eigenvalue weighted by atomic mass is 9.93. The second-order valence-electron chi connectivity index (χ2n) is 8.57. The summed E-state index contributed by atoms with van der Waals surface area (Å²) in [7, 11) is 0. The molecule has 2 unspecified atom stereocenters. The van der Waals surface area contributed by atoms with Crippen molar-refractivity contribution in [1.82, 2.24) is 10.6 Å². The first kappa shape index (κ1) is 27.5. The standard InChI is InChI=1S/C27H27F3N4O3/c1-3-4-20(16-5-7-22(30)21(12-16)26(31)36)25(32-2)24(11-15-9-17(28)13-18(29)10-15)34-27(37)23-8-6-19(35)14-33-23/h3-5,7,9-10,12-13,23-24,33H,2,6,8,11,14H2,1H3,(H2,31,36)(H,34,37). The van der Waals surface area contributed by atoms with Crippen LogP contribution in [0.1, 0.15) is 41.3 Å². The molecule has 10 heteroatoms. The van der Waals surface area contributed by atoms with Crippen molar-refractivity contribution in [1.29, 1.82) is 0 Å². The molecule has 1 saturated heterocycles. The van der Waals surface area contributed by atoms with Gasteiger partial charge in [0.25, 0.3) is 5.91 Å². The Hall–Kier alpha value is -4.05. The quantitative estimate of drug-likeness (QED) is 0.354. The van der Waals surface area contributed by atoms with Gasteiger partial charge >= 0.3 is 0 Å². The van der Waals surface area contributed by atoms with Crippen LogP contribution in [-0.4, -0.2) is 42.9 Å². The number of Topliss-reactive ketones (excluding diaryl/α,β-unsaturated/α-hetero) is 1. The molecule has 3 rings (SSSR count). The topological polar surface area (TPSA) is 114 Å². The molecule has 0 aliphatic carbocycles. The summed E-state index contributed by atoms with van der Waals surface area (Å²) in [4.78, 5) is 40.5. The van der Waals surface area contributed by atoms with Crippen LogP contribution in [0, 0.1) is 17.5 Å². The molecule has 0 spiro atoms. The van der Waals surface area contributed by atoms with Gasteiger partial charge in [-0.15, -0.1) is 0 Å². The van der Waals surface area contributed by atoms with Gasteiger partial charge in [-0.1, -0.05) is 18.2 Å². The maximum absolute atomic E-state index is 14.2. The molecule has 1 heterocycles. The number of halogens is 3. The molecule has 4 N–H and O–H groups in total. The molecule has 0 aromatic heterocycles. The van der Waals surface area contributed by atoms with E-state index in [1.807, 2.05) is 0 Å². The average molecular weight is 513 g/mol. The van der Waals surface area contributed by atoms with Crippen molar-refractivity contribution in [2.24, 2.45) is 10.7 Å². The zero-order valence-electron chi connectivity index (χ0n) is 20.2. The molecule has 1 aliphatic rings. The van der Waals surface area contributed by atoms with Gasteiger partial charge in [-0.05, 0) is 61.9 Å². The molecule has 1 aliphatic heterocycles. The highest BCUT2D eigenvalue weighted by Crippen LogP contribution is 2.27. The number of piperidine rings is 1. The van der Waals surface area contributed by atoms with Crippen LogP contribution in [0.15, 0.2) is 59.2 Å². The first-order chi connectivity index (χ1) is 17.6. The lowest BCUT2D eigenvalue weighted by molar-refractivity contribution is -0.126. The lowest BCUT2D eigenvalue weighted by Gasteiger charge is -2.27. The summed E-state index contributed by atoms with van der Waals surface area (Å²) in [5, 5.41) is 5.72. The van der Waals surface area contributed by atoms with Crippen LogP contribution < -0.4 is 16.4 Å². The van der Waals surface area contributed by atoms with Crippen LogP contribution in [0.3, 0.4) is 0 Å². The number of hydrogen-bond acceptors (Lipinski definition) is 5. The van der Waals surface area contributed by atoms with E-state index >= 15 is 0 Å². The Bertz CT molecular complexity index is 1260. The van der Waals surface area contributed by atoms with Gasteiger partial charge < -0.3 is 11.1 Å². The number of nitrogens with zero attached hydrogens (tertiary/aromatic N) is 1. The summed E-state index contributed by atoms with van der Waals surface area (Å²) in [6.45, 7) is 5.40. The van der Waals surface area contributed by atoms with Crippen LogP contribution >= 0.6 is 0 Å². The molecule has 37 heavy (non-hydrogen) atoms. The maximum atomic E-state index is 14.2. The number of hydrogen-bond donors (Lipinski definition) is 3. The van der Waals surface area contributed by atoms with Crippen molar-refractivity contribution in [3.63, 3.8) is 0 Å². The van der Waals surface area contributed by atoms with Crippen molar-refractivity contribution in [2.75, 3.05) is 6.54 Å². The molecule has 1 fully saturated rings. The number of primary amides is 1. The van der Waals surface area contributed by atoms with E-state index in [9.17, 15) is 27.6 Å². The van der Waals surface area contributed by atoms with E-state index in [0.29, 0.717) is 11.1 Å². The molecule has 0 bridgehead atoms. The van der Waals surface area contributed by atoms with Gasteiger partial charge in [0.2, 0.25) is 5.91 Å². The zero-order chi connectivity index (χ0) is 27.1. The number of allylic oxidation sites excluding steroid dienone is 3. The Labute approximate surface area is 212 Å². The fraction of sp³-hybridized carbons (Fsp3) is 0.259. The predicted molar refractivity (Wildman–Crippen MR) is 134 cm³/mol. The van der Waals surface area contributed by atoms with Gasteiger partial charge in [-0.25, -0.2) is 13.2 Å². The fourth-order valence-electron chi connectivity index (χ4n) is 4.17. The molecule has 2 atom stereocenters. The number of nitrogens with one attached hydrogen (secondary N) is 2. The number of carbonyl (C=O) groups excluding carboxylic acids is 3. The first-order valence-electron chi connectivity index (χ1n) is 11.6. The first-order valence-corrected chi connectivity index (χ1v) is 11.6. The molecular formula is C27H27F3N4O3. The van der Waals surface area contributed by atoms with Crippen LogP contribution in [-0.2, 0) is 16.0 Å². The van der Waals surface area contributed by atoms with Crippen LogP contribution in [0.4, 0.5) is 13.2 Å². The minimum Gasteiger partial charge on any atom is -0.366 e. The highest BCUT2D eigenvalue weighted by molar-refractivity contribution is 5.95. The summed E-state index contributed by atoms with van der Waals surface area (Å²) < 4.78 is 42.0. The summed E-state index contributed by atoms with van der Waals surface area (Å²) in [5.41, 5.74) is 6.17. The molecule has 2 aromatic carbocycles. The second kappa shape index (κ2) is 12.3. The Morgan fingerprint density at radius 2 is 1.92 bits per heavy atom. The van der Waals surface area contributed by atoms with Gasteiger partial charge in [0.1, 0.15) is 23.2 Å². The Morgan fingerprint density at radius 3 is 2.49 bits per heavy atom. The molecule has 2 amide bonds. The second-order valence-corrected chi connectivity index (χ2v) is 8.57. The van der Waals surface area contributed by atoms with Gasteiger partial charge in [-0.3, -0.25) is 24.7 Å². The van der Waals surface area contributed by atoms with Gasteiger partial charge in [0, 0.05) is 18.1 Å². The molecule has 2 aromatic rings. The normalized spacial score (nSPS) is 17.3. The number of ketones is 1. The molecule has 7 nitrogen and oxygen atoms in total. The largest absolute Gasteiger partial charge is 0.366 e. The van der Waals surface area contributed by atoms with E-state index in [-0.39, 0.29) is 48.4 Å². The molecule has 0 saturated carbocycles. The Balaban J connectivity index is 2.11. The lowest BCUT2D eigenvalue weighted by Crippen LogP contribution is -2.52. The smallest absolute Gasteiger partial charge is 0.251 e. The third kappa shape index (κ3) is 7.01. The van der Waals surface area contributed by atoms with Crippen molar-refractivity contribution in [2.45, 2.75) is 38.3 Å². The van der Waals surface area contributed by atoms with E-state index in [1.54, 1.807) is 19.1 Å². The highest BCUT2D eigenvalue weighted by Gasteiger charge is 2.28. The van der Waals surface area contributed by atoms with Gasteiger partial charge in [0.05, 0.1) is 29.9 Å². The van der Waals surface area contributed by atoms with Crippen molar-refractivity contribution >= 4 is 29.9 Å². The Kier molecular flexibility index (Phi) is 9.13. The van der Waals surface area contributed by atoms with Crippen molar-refractivity contribution in [3.8, 4) is 0 Å². The Morgan fingerprint density at radius 1 is 1.22 bits per heavy atom. The fourth-order valence-corrected chi connectivity index (χ4v) is 4.17. The SMILES string of the molecule is C=NC(=C(C=CC)c1ccc(F)c(C(N)=O)c1)C(Cc1cc(F)cc(F)c1)NC(=O)C1CCC(=O)CN1. The minimum absolute atomic E-state index is 0.0129.